The van der Waals surface area contributed by atoms with Crippen LogP contribution in [0.1, 0.15) is 13.3 Å². The molecule has 0 aliphatic carbocycles. The van der Waals surface area contributed by atoms with Gasteiger partial charge in [-0.1, -0.05) is 6.92 Å². The van der Waals surface area contributed by atoms with E-state index < -0.39 is 0 Å². The molecule has 0 bridgehead atoms. The maximum Gasteiger partial charge on any atom is 0.161 e. The molecule has 1 atom stereocenters. The molecule has 20 heavy (non-hydrogen) atoms. The van der Waals surface area contributed by atoms with Gasteiger partial charge in [-0.25, -0.2) is 4.98 Å². The minimum absolute atomic E-state index is 0.429. The largest absolute Gasteiger partial charge is 0.493 e. The van der Waals surface area contributed by atoms with Crippen LogP contribution in [0.5, 0.6) is 11.5 Å². The molecule has 0 spiro atoms. The third kappa shape index (κ3) is 3.30. The SMILES string of the molecule is COc1cc2ccnc(SC(C)CCCl)c2cc1OC. The van der Waals surface area contributed by atoms with Crippen molar-refractivity contribution in [2.75, 3.05) is 20.1 Å². The number of nitrogens with zero attached hydrogens (tertiary/aromatic N) is 1. The van der Waals surface area contributed by atoms with Crippen LogP contribution in [0.4, 0.5) is 0 Å². The first kappa shape index (κ1) is 15.3. The predicted octanol–water partition coefficient (Wildman–Crippen LogP) is 4.36. The van der Waals surface area contributed by atoms with E-state index in [1.807, 2.05) is 24.4 Å². The zero-order chi connectivity index (χ0) is 14.5. The zero-order valence-electron chi connectivity index (χ0n) is 11.9. The van der Waals surface area contributed by atoms with Crippen LogP contribution in [0.15, 0.2) is 29.4 Å². The highest BCUT2D eigenvalue weighted by atomic mass is 35.5. The molecule has 0 saturated carbocycles. The van der Waals surface area contributed by atoms with Crippen molar-refractivity contribution in [3.05, 3.63) is 24.4 Å². The fourth-order valence-corrected chi connectivity index (χ4v) is 3.47. The molecule has 0 aliphatic rings. The van der Waals surface area contributed by atoms with Gasteiger partial charge in [-0.3, -0.25) is 0 Å². The molecule has 1 unspecified atom stereocenters. The number of rotatable bonds is 6. The van der Waals surface area contributed by atoms with E-state index in [1.165, 1.54) is 0 Å². The first-order chi connectivity index (χ1) is 9.69. The molecule has 0 radical (unpaired) electrons. The summed E-state index contributed by atoms with van der Waals surface area (Å²) in [6.45, 7) is 2.16. The third-order valence-corrected chi connectivity index (χ3v) is 4.47. The molecule has 2 aromatic rings. The van der Waals surface area contributed by atoms with Crippen molar-refractivity contribution in [2.45, 2.75) is 23.6 Å². The molecule has 2 rings (SSSR count). The monoisotopic (exact) mass is 311 g/mol. The molecule has 0 aliphatic heterocycles. The molecule has 3 nitrogen and oxygen atoms in total. The highest BCUT2D eigenvalue weighted by Gasteiger charge is 2.12. The number of fused-ring (bicyclic) bond motifs is 1. The fraction of sp³-hybridized carbons (Fsp3) is 0.400. The van der Waals surface area contributed by atoms with Crippen molar-refractivity contribution < 1.29 is 9.47 Å². The Labute approximate surface area is 128 Å². The van der Waals surface area contributed by atoms with Gasteiger partial charge in [0.15, 0.2) is 11.5 Å². The van der Waals surface area contributed by atoms with Crippen LogP contribution in [-0.4, -0.2) is 30.3 Å². The number of alkyl halides is 1. The van der Waals surface area contributed by atoms with Gasteiger partial charge < -0.3 is 9.47 Å². The Bertz CT molecular complexity index is 591. The summed E-state index contributed by atoms with van der Waals surface area (Å²) >= 11 is 7.54. The summed E-state index contributed by atoms with van der Waals surface area (Å²) in [5, 5.41) is 3.61. The van der Waals surface area contributed by atoms with Crippen LogP contribution in [0.25, 0.3) is 10.8 Å². The Hall–Kier alpha value is -1.13. The van der Waals surface area contributed by atoms with Gasteiger partial charge in [0, 0.05) is 22.7 Å². The number of ether oxygens (including phenoxy) is 2. The van der Waals surface area contributed by atoms with Crippen molar-refractivity contribution in [1.29, 1.82) is 0 Å². The minimum Gasteiger partial charge on any atom is -0.493 e. The number of hydrogen-bond donors (Lipinski definition) is 0. The van der Waals surface area contributed by atoms with Crippen molar-refractivity contribution in [3.8, 4) is 11.5 Å². The van der Waals surface area contributed by atoms with E-state index in [-0.39, 0.29) is 0 Å². The lowest BCUT2D eigenvalue weighted by Gasteiger charge is -2.13. The standard InChI is InChI=1S/C15H18ClNO2S/c1-10(4-6-16)20-15-12-9-14(19-3)13(18-2)8-11(12)5-7-17-15/h5,7-10H,4,6H2,1-3H3. The lowest BCUT2D eigenvalue weighted by atomic mass is 10.1. The second-order valence-electron chi connectivity index (χ2n) is 4.45. The number of hydrogen-bond acceptors (Lipinski definition) is 4. The van der Waals surface area contributed by atoms with Crippen LogP contribution in [0.2, 0.25) is 0 Å². The van der Waals surface area contributed by atoms with Crippen LogP contribution in [0.3, 0.4) is 0 Å². The zero-order valence-corrected chi connectivity index (χ0v) is 13.4. The fourth-order valence-electron chi connectivity index (χ4n) is 1.97. The molecular formula is C15H18ClNO2S. The summed E-state index contributed by atoms with van der Waals surface area (Å²) in [7, 11) is 3.28. The van der Waals surface area contributed by atoms with E-state index in [4.69, 9.17) is 21.1 Å². The van der Waals surface area contributed by atoms with E-state index in [0.717, 1.165) is 33.7 Å². The average molecular weight is 312 g/mol. The lowest BCUT2D eigenvalue weighted by molar-refractivity contribution is 0.356. The summed E-state index contributed by atoms with van der Waals surface area (Å²) in [5.74, 6) is 2.12. The predicted molar refractivity (Wildman–Crippen MR) is 85.5 cm³/mol. The van der Waals surface area contributed by atoms with Crippen LogP contribution in [-0.2, 0) is 0 Å². The summed E-state index contributed by atoms with van der Waals surface area (Å²) in [6.07, 6.45) is 2.78. The molecule has 1 aromatic heterocycles. The average Bonchev–Trinajstić information content (AvgIpc) is 2.46. The summed E-state index contributed by atoms with van der Waals surface area (Å²) < 4.78 is 10.7. The molecular weight excluding hydrogens is 294 g/mol. The topological polar surface area (TPSA) is 31.4 Å². The van der Waals surface area contributed by atoms with Crippen LogP contribution >= 0.6 is 23.4 Å². The summed E-state index contributed by atoms with van der Waals surface area (Å²) in [6, 6.07) is 5.94. The van der Waals surface area contributed by atoms with Gasteiger partial charge in [-0.15, -0.1) is 23.4 Å². The van der Waals surface area contributed by atoms with Crippen molar-refractivity contribution in [3.63, 3.8) is 0 Å². The number of thioether (sulfide) groups is 1. The van der Waals surface area contributed by atoms with E-state index in [2.05, 4.69) is 11.9 Å². The lowest BCUT2D eigenvalue weighted by Crippen LogP contribution is -1.98. The van der Waals surface area contributed by atoms with Gasteiger partial charge in [-0.2, -0.15) is 0 Å². The first-order valence-electron chi connectivity index (χ1n) is 6.43. The Kier molecular flexibility index (Phi) is 5.38. The highest BCUT2D eigenvalue weighted by Crippen LogP contribution is 2.37. The van der Waals surface area contributed by atoms with E-state index in [9.17, 15) is 0 Å². The van der Waals surface area contributed by atoms with E-state index in [1.54, 1.807) is 26.0 Å². The van der Waals surface area contributed by atoms with Gasteiger partial charge in [0.2, 0.25) is 0 Å². The van der Waals surface area contributed by atoms with Crippen molar-refractivity contribution in [2.24, 2.45) is 0 Å². The highest BCUT2D eigenvalue weighted by molar-refractivity contribution is 8.00. The Morgan fingerprint density at radius 2 is 1.95 bits per heavy atom. The van der Waals surface area contributed by atoms with E-state index in [0.29, 0.717) is 11.1 Å². The molecule has 1 heterocycles. The van der Waals surface area contributed by atoms with Crippen LogP contribution < -0.4 is 9.47 Å². The number of halogens is 1. The smallest absolute Gasteiger partial charge is 0.161 e. The molecule has 5 heteroatoms. The van der Waals surface area contributed by atoms with Gasteiger partial charge in [-0.05, 0) is 30.0 Å². The number of aromatic nitrogens is 1. The molecule has 108 valence electrons. The summed E-state index contributed by atoms with van der Waals surface area (Å²) in [4.78, 5) is 4.48. The van der Waals surface area contributed by atoms with Crippen molar-refractivity contribution >= 4 is 34.1 Å². The number of methoxy groups -OCH3 is 2. The number of benzene rings is 1. The summed E-state index contributed by atoms with van der Waals surface area (Å²) in [5.41, 5.74) is 0. The molecule has 0 N–H and O–H groups in total. The maximum atomic E-state index is 5.80. The van der Waals surface area contributed by atoms with Gasteiger partial charge in [0.25, 0.3) is 0 Å². The van der Waals surface area contributed by atoms with Gasteiger partial charge in [0.1, 0.15) is 5.03 Å². The normalized spacial score (nSPS) is 12.4. The Morgan fingerprint density at radius 3 is 2.60 bits per heavy atom. The number of pyridine rings is 1. The quantitative estimate of drug-likeness (QED) is 0.586. The van der Waals surface area contributed by atoms with Crippen LogP contribution in [0, 0.1) is 0 Å². The molecule has 1 aromatic carbocycles. The third-order valence-electron chi connectivity index (χ3n) is 3.06. The first-order valence-corrected chi connectivity index (χ1v) is 7.84. The van der Waals surface area contributed by atoms with Gasteiger partial charge >= 0.3 is 0 Å². The minimum atomic E-state index is 0.429. The Balaban J connectivity index is 2.45. The van der Waals surface area contributed by atoms with Crippen molar-refractivity contribution in [1.82, 2.24) is 4.98 Å². The molecule has 0 saturated heterocycles. The molecule has 0 fully saturated rings. The Morgan fingerprint density at radius 1 is 1.25 bits per heavy atom. The second-order valence-corrected chi connectivity index (χ2v) is 6.26. The van der Waals surface area contributed by atoms with E-state index >= 15 is 0 Å². The van der Waals surface area contributed by atoms with Gasteiger partial charge in [0.05, 0.1) is 14.2 Å². The molecule has 0 amide bonds. The second kappa shape index (κ2) is 7.04. The maximum absolute atomic E-state index is 5.80.